The number of rotatable bonds is 3. The second kappa shape index (κ2) is 7.71. The minimum Gasteiger partial charge on any atom is -0.419 e. The largest absolute Gasteiger partial charge is 0.419 e. The van der Waals surface area contributed by atoms with E-state index in [1.165, 1.54) is 20.0 Å². The monoisotopic (exact) mass is 407 g/mol. The predicted molar refractivity (Wildman–Crippen MR) is 104 cm³/mol. The molecule has 2 aliphatic rings. The summed E-state index contributed by atoms with van der Waals surface area (Å²) in [5.41, 5.74) is 1.25. The van der Waals surface area contributed by atoms with Crippen LogP contribution in [0, 0.1) is 0 Å². The summed E-state index contributed by atoms with van der Waals surface area (Å²) in [6, 6.07) is 5.35. The average Bonchev–Trinajstić information content (AvgIpc) is 2.60. The van der Waals surface area contributed by atoms with Crippen LogP contribution >= 0.6 is 11.6 Å². The Morgan fingerprint density at radius 1 is 1.14 bits per heavy atom. The number of nitrogens with zero attached hydrogens (tertiary/aromatic N) is 2. The van der Waals surface area contributed by atoms with Gasteiger partial charge in [-0.25, -0.2) is 9.59 Å². The van der Waals surface area contributed by atoms with Crippen molar-refractivity contribution in [2.45, 2.75) is 26.6 Å². The summed E-state index contributed by atoms with van der Waals surface area (Å²) in [5.74, 6) is -2.70. The minimum absolute atomic E-state index is 0.0708. The third kappa shape index (κ3) is 4.39. The number of carbonyl (C=O) groups is 3. The number of benzene rings is 1. The van der Waals surface area contributed by atoms with Crippen LogP contribution in [0.5, 0.6) is 0 Å². The molecule has 28 heavy (non-hydrogen) atoms. The molecule has 1 aromatic carbocycles. The predicted octanol–water partition coefficient (Wildman–Crippen LogP) is 2.14. The van der Waals surface area contributed by atoms with Gasteiger partial charge >= 0.3 is 11.9 Å². The van der Waals surface area contributed by atoms with E-state index in [2.05, 4.69) is 10.2 Å². The van der Waals surface area contributed by atoms with Crippen LogP contribution in [0.4, 0.5) is 11.4 Å². The Bertz CT molecular complexity index is 822. The molecule has 0 spiro atoms. The van der Waals surface area contributed by atoms with Crippen molar-refractivity contribution < 1.29 is 23.9 Å². The van der Waals surface area contributed by atoms with Crippen LogP contribution in [0.25, 0.3) is 0 Å². The van der Waals surface area contributed by atoms with Gasteiger partial charge in [0.2, 0.25) is 5.91 Å². The first-order chi connectivity index (χ1) is 13.2. The number of amides is 1. The first-order valence-corrected chi connectivity index (χ1v) is 9.27. The Hall–Kier alpha value is -2.74. The van der Waals surface area contributed by atoms with Gasteiger partial charge in [0.1, 0.15) is 0 Å². The molecule has 0 atom stereocenters. The second-order valence-electron chi connectivity index (χ2n) is 7.04. The molecule has 2 fully saturated rings. The van der Waals surface area contributed by atoms with Gasteiger partial charge in [-0.15, -0.1) is 0 Å². The highest BCUT2D eigenvalue weighted by Crippen LogP contribution is 2.30. The highest BCUT2D eigenvalue weighted by atomic mass is 35.5. The van der Waals surface area contributed by atoms with Crippen molar-refractivity contribution in [1.29, 1.82) is 0 Å². The van der Waals surface area contributed by atoms with Gasteiger partial charge in [0, 0.05) is 58.8 Å². The molecule has 0 aromatic heterocycles. The van der Waals surface area contributed by atoms with Gasteiger partial charge in [-0.3, -0.25) is 4.79 Å². The van der Waals surface area contributed by atoms with E-state index >= 15 is 0 Å². The van der Waals surface area contributed by atoms with E-state index in [4.69, 9.17) is 21.1 Å². The van der Waals surface area contributed by atoms with Crippen molar-refractivity contribution in [3.8, 4) is 0 Å². The molecular weight excluding hydrogens is 386 g/mol. The maximum atomic E-state index is 12.0. The number of hydrogen-bond donors (Lipinski definition) is 1. The summed E-state index contributed by atoms with van der Waals surface area (Å²) in [5, 5.41) is 3.40. The van der Waals surface area contributed by atoms with E-state index in [1.807, 2.05) is 6.07 Å². The minimum atomic E-state index is -1.27. The molecule has 150 valence electrons. The summed E-state index contributed by atoms with van der Waals surface area (Å²) in [7, 11) is 0. The summed E-state index contributed by atoms with van der Waals surface area (Å²) >= 11 is 6.41. The molecule has 1 amide bonds. The SMILES string of the molecule is CC(=O)N1CCN(c2ccc(NC=C3C(=O)OC(C)(C)OC3=O)cc2Cl)CC1. The van der Waals surface area contributed by atoms with E-state index in [0.29, 0.717) is 36.9 Å². The van der Waals surface area contributed by atoms with Gasteiger partial charge < -0.3 is 24.6 Å². The van der Waals surface area contributed by atoms with Crippen molar-refractivity contribution in [2.75, 3.05) is 36.4 Å². The maximum Gasteiger partial charge on any atom is 0.350 e. The normalized spacial score (nSPS) is 19.1. The van der Waals surface area contributed by atoms with Crippen molar-refractivity contribution >= 4 is 40.8 Å². The van der Waals surface area contributed by atoms with Crippen molar-refractivity contribution in [3.05, 3.63) is 35.0 Å². The number of piperazine rings is 1. The van der Waals surface area contributed by atoms with Crippen LogP contribution in [0.3, 0.4) is 0 Å². The highest BCUT2D eigenvalue weighted by molar-refractivity contribution is 6.33. The molecule has 0 unspecified atom stereocenters. The van der Waals surface area contributed by atoms with Gasteiger partial charge in [0.05, 0.1) is 10.7 Å². The first-order valence-electron chi connectivity index (χ1n) is 8.90. The molecule has 0 radical (unpaired) electrons. The molecule has 2 saturated heterocycles. The molecule has 1 aromatic rings. The third-order valence-corrected chi connectivity index (χ3v) is 4.82. The summed E-state index contributed by atoms with van der Waals surface area (Å²) in [4.78, 5) is 39.3. The van der Waals surface area contributed by atoms with Gasteiger partial charge in [0.15, 0.2) is 5.57 Å². The number of ether oxygens (including phenoxy) is 2. The van der Waals surface area contributed by atoms with Gasteiger partial charge in [0.25, 0.3) is 5.79 Å². The number of nitrogens with one attached hydrogen (secondary N) is 1. The van der Waals surface area contributed by atoms with E-state index in [9.17, 15) is 14.4 Å². The standard InChI is InChI=1S/C19H22ClN3O5/c1-12(24)22-6-8-23(9-7-22)16-5-4-13(10-15(16)20)21-11-14-17(25)27-19(2,3)28-18(14)26/h4-5,10-11,21H,6-9H2,1-3H3. The zero-order chi connectivity index (χ0) is 20.5. The van der Waals surface area contributed by atoms with E-state index < -0.39 is 17.7 Å². The zero-order valence-corrected chi connectivity index (χ0v) is 16.7. The summed E-state index contributed by atoms with van der Waals surface area (Å²) < 4.78 is 10.1. The Kier molecular flexibility index (Phi) is 5.51. The molecule has 3 rings (SSSR count). The quantitative estimate of drug-likeness (QED) is 0.466. The fraction of sp³-hybridized carbons (Fsp3) is 0.421. The molecule has 0 bridgehead atoms. The van der Waals surface area contributed by atoms with E-state index in [1.54, 1.807) is 24.0 Å². The van der Waals surface area contributed by atoms with Crippen molar-refractivity contribution in [3.63, 3.8) is 0 Å². The third-order valence-electron chi connectivity index (χ3n) is 4.51. The molecule has 2 heterocycles. The molecule has 0 aliphatic carbocycles. The number of cyclic esters (lactones) is 2. The highest BCUT2D eigenvalue weighted by Gasteiger charge is 2.38. The smallest absolute Gasteiger partial charge is 0.350 e. The van der Waals surface area contributed by atoms with Crippen LogP contribution in [0.15, 0.2) is 30.0 Å². The molecule has 1 N–H and O–H groups in total. The second-order valence-corrected chi connectivity index (χ2v) is 7.45. The number of halogens is 1. The van der Waals surface area contributed by atoms with E-state index in [-0.39, 0.29) is 11.5 Å². The number of esters is 2. The van der Waals surface area contributed by atoms with Crippen LogP contribution in [-0.4, -0.2) is 54.7 Å². The Labute approximate surface area is 168 Å². The fourth-order valence-corrected chi connectivity index (χ4v) is 3.35. The fourth-order valence-electron chi connectivity index (χ4n) is 3.05. The Morgan fingerprint density at radius 2 is 1.75 bits per heavy atom. The Balaban J connectivity index is 1.67. The molecule has 9 heteroatoms. The van der Waals surface area contributed by atoms with E-state index in [0.717, 1.165) is 5.69 Å². The number of anilines is 2. The van der Waals surface area contributed by atoms with Crippen LogP contribution in [0.2, 0.25) is 5.02 Å². The van der Waals surface area contributed by atoms with Crippen LogP contribution < -0.4 is 10.2 Å². The lowest BCUT2D eigenvalue weighted by Crippen LogP contribution is -2.48. The number of carbonyl (C=O) groups excluding carboxylic acids is 3. The number of hydrogen-bond acceptors (Lipinski definition) is 7. The Morgan fingerprint density at radius 3 is 2.29 bits per heavy atom. The lowest BCUT2D eigenvalue weighted by molar-refractivity contribution is -0.222. The van der Waals surface area contributed by atoms with Gasteiger partial charge in [-0.2, -0.15) is 0 Å². The average molecular weight is 408 g/mol. The summed E-state index contributed by atoms with van der Waals surface area (Å²) in [6.07, 6.45) is 1.25. The van der Waals surface area contributed by atoms with Crippen molar-refractivity contribution in [1.82, 2.24) is 4.90 Å². The van der Waals surface area contributed by atoms with Gasteiger partial charge in [-0.05, 0) is 18.2 Å². The molecule has 0 saturated carbocycles. The lowest BCUT2D eigenvalue weighted by atomic mass is 10.2. The zero-order valence-electron chi connectivity index (χ0n) is 16.0. The van der Waals surface area contributed by atoms with Crippen LogP contribution in [0.1, 0.15) is 20.8 Å². The maximum absolute atomic E-state index is 12.0. The molecule has 2 aliphatic heterocycles. The molecule has 8 nitrogen and oxygen atoms in total. The van der Waals surface area contributed by atoms with Crippen molar-refractivity contribution in [2.24, 2.45) is 0 Å². The van der Waals surface area contributed by atoms with Crippen LogP contribution in [-0.2, 0) is 23.9 Å². The molecular formula is C19H22ClN3O5. The lowest BCUT2D eigenvalue weighted by Gasteiger charge is -2.36. The topological polar surface area (TPSA) is 88.2 Å². The first kappa shape index (κ1) is 20.0. The summed E-state index contributed by atoms with van der Waals surface area (Å²) in [6.45, 7) is 7.24. The van der Waals surface area contributed by atoms with Gasteiger partial charge in [-0.1, -0.05) is 11.6 Å².